The fourth-order valence-electron chi connectivity index (χ4n) is 3.26. The van der Waals surface area contributed by atoms with Crippen LogP contribution < -0.4 is 5.32 Å². The zero-order valence-corrected chi connectivity index (χ0v) is 13.1. The Morgan fingerprint density at radius 1 is 1.00 bits per heavy atom. The van der Waals surface area contributed by atoms with Crippen LogP contribution in [-0.4, -0.2) is 35.3 Å². The molecule has 1 heterocycles. The summed E-state index contributed by atoms with van der Waals surface area (Å²) in [5.41, 5.74) is -0.409. The Hall–Kier alpha value is -1.06. The summed E-state index contributed by atoms with van der Waals surface area (Å²) in [5.74, 6) is 0.158. The van der Waals surface area contributed by atoms with Crippen molar-refractivity contribution in [3.8, 4) is 0 Å². The molecule has 0 bridgehead atoms. The number of likely N-dealkylation sites (tertiary alicyclic amines) is 1. The molecule has 2 rings (SSSR count). The maximum atomic E-state index is 12.5. The first-order chi connectivity index (χ1) is 9.39. The molecule has 4 heteroatoms. The summed E-state index contributed by atoms with van der Waals surface area (Å²) in [6.45, 7) is 6.48. The van der Waals surface area contributed by atoms with Crippen molar-refractivity contribution in [2.24, 2.45) is 5.41 Å². The van der Waals surface area contributed by atoms with E-state index in [0.29, 0.717) is 6.04 Å². The lowest BCUT2D eigenvalue weighted by Gasteiger charge is -2.32. The summed E-state index contributed by atoms with van der Waals surface area (Å²) in [7, 11) is 0. The highest BCUT2D eigenvalue weighted by molar-refractivity contribution is 5.90. The molecule has 2 fully saturated rings. The molecule has 1 atom stereocenters. The summed E-state index contributed by atoms with van der Waals surface area (Å²) < 4.78 is 0. The quantitative estimate of drug-likeness (QED) is 0.844. The van der Waals surface area contributed by atoms with E-state index in [9.17, 15) is 9.59 Å². The van der Waals surface area contributed by atoms with Crippen LogP contribution in [0, 0.1) is 5.41 Å². The van der Waals surface area contributed by atoms with Gasteiger partial charge in [0.05, 0.1) is 0 Å². The van der Waals surface area contributed by atoms with E-state index in [0.717, 1.165) is 32.2 Å². The van der Waals surface area contributed by atoms with Crippen LogP contribution in [0.5, 0.6) is 0 Å². The Labute approximate surface area is 122 Å². The minimum atomic E-state index is -0.409. The Bertz CT molecular complexity index is 367. The molecule has 0 aromatic carbocycles. The minimum Gasteiger partial charge on any atom is -0.352 e. The van der Waals surface area contributed by atoms with E-state index in [1.807, 2.05) is 20.8 Å². The lowest BCUT2D eigenvalue weighted by Crippen LogP contribution is -2.51. The molecule has 4 nitrogen and oxygen atoms in total. The molecule has 0 radical (unpaired) electrons. The number of carbonyl (C=O) groups is 2. The van der Waals surface area contributed by atoms with Gasteiger partial charge in [-0.1, -0.05) is 40.0 Å². The van der Waals surface area contributed by atoms with Crippen LogP contribution in [0.3, 0.4) is 0 Å². The fraction of sp³-hybridized carbons (Fsp3) is 0.875. The van der Waals surface area contributed by atoms with Crippen LogP contribution in [0.1, 0.15) is 65.7 Å². The molecular formula is C16H28N2O2. The number of amides is 2. The normalized spacial score (nSPS) is 24.8. The highest BCUT2D eigenvalue weighted by Gasteiger charge is 2.38. The number of hydrogen-bond acceptors (Lipinski definition) is 2. The van der Waals surface area contributed by atoms with E-state index in [-0.39, 0.29) is 17.9 Å². The van der Waals surface area contributed by atoms with Gasteiger partial charge in [-0.2, -0.15) is 0 Å². The predicted molar refractivity (Wildman–Crippen MR) is 79.2 cm³/mol. The van der Waals surface area contributed by atoms with Crippen LogP contribution in [-0.2, 0) is 9.59 Å². The Morgan fingerprint density at radius 3 is 2.25 bits per heavy atom. The monoisotopic (exact) mass is 280 g/mol. The van der Waals surface area contributed by atoms with E-state index in [1.54, 1.807) is 4.90 Å². The smallest absolute Gasteiger partial charge is 0.243 e. The molecule has 114 valence electrons. The largest absolute Gasteiger partial charge is 0.352 e. The molecule has 0 aromatic rings. The van der Waals surface area contributed by atoms with Crippen molar-refractivity contribution in [1.82, 2.24) is 10.2 Å². The minimum absolute atomic E-state index is 0.0620. The summed E-state index contributed by atoms with van der Waals surface area (Å²) in [6, 6.07) is 0.0760. The number of nitrogens with zero attached hydrogens (tertiary/aromatic N) is 1. The lowest BCUT2D eigenvalue weighted by molar-refractivity contribution is -0.144. The maximum absolute atomic E-state index is 12.5. The van der Waals surface area contributed by atoms with Gasteiger partial charge in [-0.05, 0) is 25.7 Å². The van der Waals surface area contributed by atoms with Crippen molar-refractivity contribution < 1.29 is 9.59 Å². The van der Waals surface area contributed by atoms with Gasteiger partial charge in [-0.3, -0.25) is 9.59 Å². The topological polar surface area (TPSA) is 49.4 Å². The van der Waals surface area contributed by atoms with Gasteiger partial charge < -0.3 is 10.2 Å². The number of rotatable bonds is 2. The molecule has 0 aromatic heterocycles. The first-order valence-electron chi connectivity index (χ1n) is 8.01. The Kier molecular flexibility index (Phi) is 4.71. The van der Waals surface area contributed by atoms with Crippen molar-refractivity contribution in [2.75, 3.05) is 6.54 Å². The second kappa shape index (κ2) is 6.15. The number of nitrogens with one attached hydrogen (secondary N) is 1. The standard InChI is InChI=1S/C16H28N2O2/c1-16(2,3)15(20)18-11-7-10-13(18)14(19)17-12-8-5-4-6-9-12/h12-13H,4-11H2,1-3H3,(H,17,19)/t13-/m0/s1. The van der Waals surface area contributed by atoms with Crippen molar-refractivity contribution in [1.29, 1.82) is 0 Å². The third-order valence-corrected chi connectivity index (χ3v) is 4.41. The number of hydrogen-bond donors (Lipinski definition) is 1. The third kappa shape index (κ3) is 3.53. The molecule has 1 N–H and O–H groups in total. The molecule has 2 amide bonds. The van der Waals surface area contributed by atoms with E-state index in [4.69, 9.17) is 0 Å². The van der Waals surface area contributed by atoms with Gasteiger partial charge in [-0.15, -0.1) is 0 Å². The van der Waals surface area contributed by atoms with Gasteiger partial charge in [0, 0.05) is 18.0 Å². The van der Waals surface area contributed by atoms with Gasteiger partial charge in [0.15, 0.2) is 0 Å². The summed E-state index contributed by atoms with van der Waals surface area (Å²) in [5, 5.41) is 3.16. The highest BCUT2D eigenvalue weighted by Crippen LogP contribution is 2.26. The molecule has 20 heavy (non-hydrogen) atoms. The van der Waals surface area contributed by atoms with Crippen molar-refractivity contribution in [3.63, 3.8) is 0 Å². The van der Waals surface area contributed by atoms with Crippen molar-refractivity contribution in [2.45, 2.75) is 77.8 Å². The predicted octanol–water partition coefficient (Wildman–Crippen LogP) is 2.47. The van der Waals surface area contributed by atoms with Crippen molar-refractivity contribution >= 4 is 11.8 Å². The molecule has 1 saturated heterocycles. The van der Waals surface area contributed by atoms with E-state index >= 15 is 0 Å². The van der Waals surface area contributed by atoms with Crippen LogP contribution >= 0.6 is 0 Å². The van der Waals surface area contributed by atoms with Gasteiger partial charge >= 0.3 is 0 Å². The SMILES string of the molecule is CC(C)(C)C(=O)N1CCC[C@H]1C(=O)NC1CCCCC1. The summed E-state index contributed by atoms with van der Waals surface area (Å²) in [6.07, 6.45) is 7.62. The molecule has 0 unspecified atom stereocenters. The first kappa shape index (κ1) is 15.3. The molecule has 1 saturated carbocycles. The van der Waals surface area contributed by atoms with Crippen LogP contribution in [0.2, 0.25) is 0 Å². The number of carbonyl (C=O) groups excluding carboxylic acids is 2. The van der Waals surface area contributed by atoms with Crippen molar-refractivity contribution in [3.05, 3.63) is 0 Å². The van der Waals surface area contributed by atoms with Gasteiger partial charge in [0.2, 0.25) is 11.8 Å². The average Bonchev–Trinajstić information content (AvgIpc) is 2.87. The van der Waals surface area contributed by atoms with E-state index in [1.165, 1.54) is 19.3 Å². The molecule has 1 aliphatic heterocycles. The zero-order valence-electron chi connectivity index (χ0n) is 13.1. The van der Waals surface area contributed by atoms with E-state index < -0.39 is 5.41 Å². The Balaban J connectivity index is 1.95. The summed E-state index contributed by atoms with van der Waals surface area (Å²) in [4.78, 5) is 26.7. The van der Waals surface area contributed by atoms with E-state index in [2.05, 4.69) is 5.32 Å². The molecular weight excluding hydrogens is 252 g/mol. The average molecular weight is 280 g/mol. The van der Waals surface area contributed by atoms with Crippen LogP contribution in [0.15, 0.2) is 0 Å². The second-order valence-electron chi connectivity index (χ2n) is 7.25. The van der Waals surface area contributed by atoms with Crippen LogP contribution in [0.4, 0.5) is 0 Å². The molecule has 0 spiro atoms. The second-order valence-corrected chi connectivity index (χ2v) is 7.25. The molecule has 2 aliphatic rings. The van der Waals surface area contributed by atoms with Crippen LogP contribution in [0.25, 0.3) is 0 Å². The van der Waals surface area contributed by atoms with Gasteiger partial charge in [-0.25, -0.2) is 0 Å². The third-order valence-electron chi connectivity index (χ3n) is 4.41. The zero-order chi connectivity index (χ0) is 14.8. The Morgan fingerprint density at radius 2 is 1.65 bits per heavy atom. The summed E-state index contributed by atoms with van der Waals surface area (Å²) >= 11 is 0. The van der Waals surface area contributed by atoms with Gasteiger partial charge in [0.25, 0.3) is 0 Å². The van der Waals surface area contributed by atoms with Gasteiger partial charge in [0.1, 0.15) is 6.04 Å². The lowest BCUT2D eigenvalue weighted by atomic mass is 9.93. The maximum Gasteiger partial charge on any atom is 0.243 e. The fourth-order valence-corrected chi connectivity index (χ4v) is 3.26. The molecule has 1 aliphatic carbocycles. The first-order valence-corrected chi connectivity index (χ1v) is 8.01. The highest BCUT2D eigenvalue weighted by atomic mass is 16.2.